The number of aliphatic hydroxyl groups is 1. The van der Waals surface area contributed by atoms with Gasteiger partial charge in [-0.3, -0.25) is 9.59 Å². The smallest absolute Gasteiger partial charge is 0.331 e. The molecule has 81 heavy (non-hydrogen) atoms. The van der Waals surface area contributed by atoms with E-state index in [0.29, 0.717) is 64.2 Å². The van der Waals surface area contributed by atoms with Crippen LogP contribution in [0.4, 0.5) is 0 Å². The van der Waals surface area contributed by atoms with Gasteiger partial charge in [0.1, 0.15) is 36.1 Å². The lowest BCUT2D eigenvalue weighted by atomic mass is 9.72. The molecule has 0 aromatic carbocycles. The Bertz CT molecular complexity index is 2360. The van der Waals surface area contributed by atoms with Crippen molar-refractivity contribution in [2.45, 2.75) is 335 Å². The molecule has 2 N–H and O–H groups in total. The van der Waals surface area contributed by atoms with Gasteiger partial charge in [-0.2, -0.15) is 0 Å². The summed E-state index contributed by atoms with van der Waals surface area (Å²) in [4.78, 5) is 52.3. The summed E-state index contributed by atoms with van der Waals surface area (Å²) in [5, 5.41) is 21.0. The zero-order chi connectivity index (χ0) is 57.6. The van der Waals surface area contributed by atoms with Crippen molar-refractivity contribution >= 4 is 23.7 Å². The number of esters is 2. The van der Waals surface area contributed by atoms with E-state index < -0.39 is 101 Å². The Kier molecular flexibility index (Phi) is 18.6. The van der Waals surface area contributed by atoms with Crippen molar-refractivity contribution < 1.29 is 81.5 Å². The number of hydrogen-bond acceptors (Lipinski definition) is 16. The van der Waals surface area contributed by atoms with Gasteiger partial charge in [-0.1, -0.05) is 96.8 Å². The first kappa shape index (κ1) is 61.0. The fourth-order valence-corrected chi connectivity index (χ4v) is 15.6. The quantitative estimate of drug-likeness (QED) is 0.0533. The summed E-state index contributed by atoms with van der Waals surface area (Å²) in [6.07, 6.45) is 15.9. The third-order valence-electron chi connectivity index (χ3n) is 20.6. The van der Waals surface area contributed by atoms with Crippen LogP contribution in [0.2, 0.25) is 0 Å². The van der Waals surface area contributed by atoms with Crippen LogP contribution in [0.25, 0.3) is 0 Å². The molecule has 0 aromatic rings. The topological polar surface area (TPSA) is 210 Å². The van der Waals surface area contributed by atoms with Gasteiger partial charge in [-0.05, 0) is 78.7 Å². The number of carboxylic acid groups (broad SMARTS) is 1. The molecule has 454 valence electrons. The van der Waals surface area contributed by atoms with Crippen LogP contribution < -0.4 is 0 Å². The van der Waals surface area contributed by atoms with Gasteiger partial charge in [0.05, 0.1) is 89.5 Å². The molecule has 17 nitrogen and oxygen atoms in total. The number of unbranched alkanes of at least 4 members (excludes halogenated alkanes) is 10. The molecule has 22 atom stereocenters. The monoisotopic (exact) mass is 1140 g/mol. The molecule has 8 fully saturated rings. The molecule has 0 amide bonds. The lowest BCUT2D eigenvalue weighted by Crippen LogP contribution is -2.70. The Morgan fingerprint density at radius 1 is 0.728 bits per heavy atom. The van der Waals surface area contributed by atoms with Crippen LogP contribution in [0.5, 0.6) is 0 Å². The van der Waals surface area contributed by atoms with E-state index in [4.69, 9.17) is 52.1 Å². The number of aliphatic carboxylic acids is 1. The van der Waals surface area contributed by atoms with Crippen molar-refractivity contribution in [1.29, 1.82) is 0 Å². The average Bonchev–Trinajstić information content (AvgIpc) is 3.59. The summed E-state index contributed by atoms with van der Waals surface area (Å²) in [6, 6.07) is 0. The third-order valence-corrected chi connectivity index (χ3v) is 20.6. The highest BCUT2D eigenvalue weighted by atomic mass is 16.6. The molecule has 10 aliphatic rings. The van der Waals surface area contributed by atoms with E-state index in [9.17, 15) is 29.4 Å². The first-order chi connectivity index (χ1) is 38.5. The predicted molar refractivity (Wildman–Crippen MR) is 297 cm³/mol. The van der Waals surface area contributed by atoms with E-state index in [1.807, 2.05) is 27.7 Å². The van der Waals surface area contributed by atoms with Gasteiger partial charge in [0, 0.05) is 75.9 Å². The highest BCUT2D eigenvalue weighted by Gasteiger charge is 2.64. The van der Waals surface area contributed by atoms with Crippen LogP contribution >= 0.6 is 0 Å². The van der Waals surface area contributed by atoms with Gasteiger partial charge >= 0.3 is 17.9 Å². The van der Waals surface area contributed by atoms with Crippen LogP contribution in [0.15, 0.2) is 36.0 Å². The van der Waals surface area contributed by atoms with Crippen molar-refractivity contribution in [2.24, 2.45) is 5.92 Å². The standard InChI is InChI=1S/C64H96O17/c1-10-11-12-13-14-15-16-17-18-19-20-23-55(67)76-48-35-62(7)50(33-47-58(80-62)38(3)29-56(68)75-47)73-43(48)28-37(2)57-41(65)24-26-61(6)51(77-57)34-52-63(8,81-61)36-54-60(5,79-52)25-21-22-42-44(74-54)31-46-45(72-42)32-53-64(9,78-46)49(66)30-40(71-53)27-39(4)59(69)70/h21-22,29,37,40,42-54,57-58,66H,4,10-20,23-28,30-36H2,1-3,5-9H3,(H,69,70). The fraction of sp³-hybridized carbons (Fsp3) is 0.844. The summed E-state index contributed by atoms with van der Waals surface area (Å²) < 4.78 is 74.6. The molecule has 10 heterocycles. The molecular weight excluding hydrogens is 1040 g/mol. The Balaban J connectivity index is 0.784. The Labute approximate surface area is 480 Å². The number of rotatable bonds is 19. The summed E-state index contributed by atoms with van der Waals surface area (Å²) >= 11 is 0. The molecule has 10 aliphatic heterocycles. The minimum Gasteiger partial charge on any atom is -0.478 e. The van der Waals surface area contributed by atoms with Gasteiger partial charge in [0.2, 0.25) is 0 Å². The van der Waals surface area contributed by atoms with Crippen LogP contribution in [0, 0.1) is 5.92 Å². The normalized spacial score (nSPS) is 44.9. The highest BCUT2D eigenvalue weighted by Crippen LogP contribution is 2.54. The number of ketones is 1. The van der Waals surface area contributed by atoms with Crippen LogP contribution in [0.1, 0.15) is 209 Å². The van der Waals surface area contributed by atoms with Crippen LogP contribution in [0.3, 0.4) is 0 Å². The summed E-state index contributed by atoms with van der Waals surface area (Å²) in [5.74, 6) is -2.07. The van der Waals surface area contributed by atoms with Crippen molar-refractivity contribution in [3.63, 3.8) is 0 Å². The van der Waals surface area contributed by atoms with Crippen molar-refractivity contribution in [1.82, 2.24) is 0 Å². The maximum Gasteiger partial charge on any atom is 0.331 e. The Morgan fingerprint density at radius 2 is 1.43 bits per heavy atom. The number of fused-ring (bicyclic) bond motifs is 8. The van der Waals surface area contributed by atoms with Gasteiger partial charge < -0.3 is 62.3 Å². The molecule has 0 saturated carbocycles. The van der Waals surface area contributed by atoms with E-state index >= 15 is 0 Å². The van der Waals surface area contributed by atoms with E-state index in [1.54, 1.807) is 0 Å². The average molecular weight is 1140 g/mol. The summed E-state index contributed by atoms with van der Waals surface area (Å²) in [5.41, 5.74) is -3.34. The van der Waals surface area contributed by atoms with E-state index in [2.05, 4.69) is 46.4 Å². The highest BCUT2D eigenvalue weighted by molar-refractivity contribution is 5.86. The molecule has 0 aromatic heterocycles. The lowest BCUT2D eigenvalue weighted by molar-refractivity contribution is -0.356. The molecule has 17 heteroatoms. The van der Waals surface area contributed by atoms with Crippen molar-refractivity contribution in [3.05, 3.63) is 36.0 Å². The number of carbonyl (C=O) groups is 4. The number of carboxylic acids is 1. The zero-order valence-electron chi connectivity index (χ0n) is 49.7. The number of aliphatic hydroxyl groups excluding tert-OH is 1. The maximum absolute atomic E-state index is 14.5. The van der Waals surface area contributed by atoms with E-state index in [0.717, 1.165) is 24.8 Å². The maximum atomic E-state index is 14.5. The summed E-state index contributed by atoms with van der Waals surface area (Å²) in [6.45, 7) is 20.0. The first-order valence-electron chi connectivity index (χ1n) is 31.4. The third kappa shape index (κ3) is 13.0. The molecule has 0 radical (unpaired) electrons. The Morgan fingerprint density at radius 3 is 2.16 bits per heavy atom. The zero-order valence-corrected chi connectivity index (χ0v) is 49.7. The van der Waals surface area contributed by atoms with Gasteiger partial charge in [-0.25, -0.2) is 9.59 Å². The van der Waals surface area contributed by atoms with Crippen LogP contribution in [-0.2, 0) is 71.3 Å². The fourth-order valence-electron chi connectivity index (χ4n) is 15.6. The number of carbonyl (C=O) groups excluding carboxylic acids is 3. The molecule has 22 unspecified atom stereocenters. The SMILES string of the molecule is C=C(CC1CC(O)C2(C)OC3CC4OC5CC6(C)OC7(C)CCC(=O)C(C(C)CC8OC9CC%10OC(=O)C=C(C)C%10OC9(C)CC8OC(=O)CCCCCCCCCCCCC)OC7CC6OC5(C)CC=CC4OC3CC2O1)C(=O)O. The lowest BCUT2D eigenvalue weighted by Gasteiger charge is -2.60. The number of hydrogen-bond donors (Lipinski definition) is 2. The van der Waals surface area contributed by atoms with Gasteiger partial charge in [0.15, 0.2) is 5.78 Å². The molecule has 0 bridgehead atoms. The first-order valence-corrected chi connectivity index (χ1v) is 31.4. The molecular formula is C64H96O17. The second-order valence-electron chi connectivity index (χ2n) is 27.3. The Hall–Kier alpha value is -3.10. The molecule has 10 rings (SSSR count). The minimum atomic E-state index is -1.08. The van der Waals surface area contributed by atoms with Crippen molar-refractivity contribution in [2.75, 3.05) is 0 Å². The van der Waals surface area contributed by atoms with Gasteiger partial charge in [0.25, 0.3) is 0 Å². The van der Waals surface area contributed by atoms with E-state index in [1.165, 1.54) is 57.4 Å². The molecule has 0 aliphatic carbocycles. The predicted octanol–water partition coefficient (Wildman–Crippen LogP) is 9.77. The second kappa shape index (κ2) is 24.7. The largest absolute Gasteiger partial charge is 0.478 e. The number of Topliss-reactive ketones (excluding diaryl/α,β-unsaturated/α-hetero) is 1. The number of ether oxygens (including phenoxy) is 11. The van der Waals surface area contributed by atoms with Gasteiger partial charge in [-0.15, -0.1) is 0 Å². The summed E-state index contributed by atoms with van der Waals surface area (Å²) in [7, 11) is 0. The molecule has 0 spiro atoms. The molecule has 8 saturated heterocycles. The second-order valence-corrected chi connectivity index (χ2v) is 27.3. The van der Waals surface area contributed by atoms with E-state index in [-0.39, 0.29) is 79.1 Å². The van der Waals surface area contributed by atoms with Crippen molar-refractivity contribution in [3.8, 4) is 0 Å². The minimum absolute atomic E-state index is 0.00766. The van der Waals surface area contributed by atoms with Crippen LogP contribution in [-0.4, -0.2) is 160 Å².